The van der Waals surface area contributed by atoms with Gasteiger partial charge in [-0.2, -0.15) is 0 Å². The minimum atomic E-state index is -0.524. The lowest BCUT2D eigenvalue weighted by Gasteiger charge is -2.40. The number of benzene rings is 4. The van der Waals surface area contributed by atoms with Crippen LogP contribution in [0.4, 0.5) is 0 Å². The summed E-state index contributed by atoms with van der Waals surface area (Å²) < 4.78 is 25.0. The van der Waals surface area contributed by atoms with Gasteiger partial charge in [0.15, 0.2) is 23.1 Å². The van der Waals surface area contributed by atoms with Gasteiger partial charge in [0.25, 0.3) is 0 Å². The molecular weight excluding hydrogens is 801 g/mol. The molecule has 5 rings (SSSR count). The Morgan fingerprint density at radius 1 is 0.312 bits per heavy atom. The number of fused-ring (bicyclic) bond motifs is 8. The van der Waals surface area contributed by atoms with Crippen molar-refractivity contribution in [2.75, 3.05) is 28.4 Å². The van der Waals surface area contributed by atoms with Crippen LogP contribution in [0.1, 0.15) is 220 Å². The number of carbonyl (C=O) groups is 4. The van der Waals surface area contributed by atoms with Crippen molar-refractivity contribution in [1.82, 2.24) is 0 Å². The van der Waals surface area contributed by atoms with E-state index < -0.39 is 45.3 Å². The highest BCUT2D eigenvalue weighted by atomic mass is 16.5. The first-order valence-corrected chi connectivity index (χ1v) is 22.3. The number of Topliss-reactive ketones (excluding diaryl/α,β-unsaturated/α-hetero) is 4. The molecule has 0 saturated carbocycles. The fourth-order valence-electron chi connectivity index (χ4n) is 10.6. The number of rotatable bonds is 8. The standard InChI is InChI=1S/C56H72O8/c1-29(57)33-25-45(61-17)41-21-37(33)49(53(5,6)7)42-22-38(34(30(2)58)26-46(42)62-18)51(55(11,12)13)44-24-40(36(32(4)60)28-48(44)64-20)52(56(14,15)16)43-23-39(50(41)54(8,9)10)35(31(3)59)27-47(43)63-19/h21-28,49-52H,1-20H3. The summed E-state index contributed by atoms with van der Waals surface area (Å²) in [6.07, 6.45) is 0. The number of hydrogen-bond acceptors (Lipinski definition) is 8. The molecule has 0 fully saturated rings. The molecule has 4 aromatic carbocycles. The quantitative estimate of drug-likeness (QED) is 0.161. The van der Waals surface area contributed by atoms with E-state index in [4.69, 9.17) is 18.9 Å². The molecular formula is C56H72O8. The second-order valence-corrected chi connectivity index (χ2v) is 22.1. The largest absolute Gasteiger partial charge is 0.496 e. The molecule has 8 bridgehead atoms. The fraction of sp³-hybridized carbons (Fsp3) is 0.500. The summed E-state index contributed by atoms with van der Waals surface area (Å²) in [5.74, 6) is -0.262. The van der Waals surface area contributed by atoms with Crippen LogP contribution in [0.5, 0.6) is 23.0 Å². The van der Waals surface area contributed by atoms with E-state index in [-0.39, 0.29) is 23.1 Å². The average molecular weight is 873 g/mol. The van der Waals surface area contributed by atoms with Crippen molar-refractivity contribution in [3.63, 3.8) is 0 Å². The first-order chi connectivity index (χ1) is 29.4. The van der Waals surface area contributed by atoms with Crippen LogP contribution in [-0.4, -0.2) is 51.6 Å². The van der Waals surface area contributed by atoms with Crippen LogP contribution >= 0.6 is 0 Å². The first-order valence-electron chi connectivity index (χ1n) is 22.3. The molecule has 1 aliphatic carbocycles. The summed E-state index contributed by atoms with van der Waals surface area (Å²) in [5.41, 5.74) is 6.27. The highest BCUT2D eigenvalue weighted by molar-refractivity contribution is 6.00. The average Bonchev–Trinajstić information content (AvgIpc) is 3.15. The van der Waals surface area contributed by atoms with Crippen molar-refractivity contribution in [1.29, 1.82) is 0 Å². The minimum absolute atomic E-state index is 0.130. The molecule has 0 aliphatic heterocycles. The van der Waals surface area contributed by atoms with Crippen LogP contribution in [-0.2, 0) is 0 Å². The maximum absolute atomic E-state index is 14.0. The van der Waals surface area contributed by atoms with Gasteiger partial charge in [0, 0.05) is 68.2 Å². The molecule has 0 amide bonds. The summed E-state index contributed by atoms with van der Waals surface area (Å²) in [6.45, 7) is 32.1. The van der Waals surface area contributed by atoms with Gasteiger partial charge in [0.1, 0.15) is 23.0 Å². The third-order valence-corrected chi connectivity index (χ3v) is 13.1. The molecule has 8 heteroatoms. The van der Waals surface area contributed by atoms with Crippen molar-refractivity contribution < 1.29 is 38.1 Å². The van der Waals surface area contributed by atoms with Gasteiger partial charge < -0.3 is 18.9 Å². The van der Waals surface area contributed by atoms with Crippen molar-refractivity contribution >= 4 is 23.1 Å². The zero-order chi connectivity index (χ0) is 48.3. The smallest absolute Gasteiger partial charge is 0.160 e. The van der Waals surface area contributed by atoms with Crippen LogP contribution in [0.3, 0.4) is 0 Å². The molecule has 4 unspecified atom stereocenters. The van der Waals surface area contributed by atoms with E-state index in [2.05, 4.69) is 107 Å². The lowest BCUT2D eigenvalue weighted by atomic mass is 9.64. The molecule has 0 aromatic heterocycles. The molecule has 0 saturated heterocycles. The van der Waals surface area contributed by atoms with Crippen LogP contribution in [0.15, 0.2) is 48.5 Å². The van der Waals surface area contributed by atoms with Gasteiger partial charge in [-0.15, -0.1) is 0 Å². The number of methoxy groups -OCH3 is 4. The number of hydrogen-bond donors (Lipinski definition) is 0. The molecule has 8 nitrogen and oxygen atoms in total. The summed E-state index contributed by atoms with van der Waals surface area (Å²) in [4.78, 5) is 56.2. The monoisotopic (exact) mass is 873 g/mol. The van der Waals surface area contributed by atoms with Crippen molar-refractivity contribution in [2.45, 2.75) is 134 Å². The zero-order valence-electron chi connectivity index (χ0n) is 42.2. The number of ketones is 4. The van der Waals surface area contributed by atoms with Crippen molar-refractivity contribution in [2.24, 2.45) is 21.7 Å². The van der Waals surface area contributed by atoms with Gasteiger partial charge in [0.2, 0.25) is 0 Å². The Bertz CT molecular complexity index is 2160. The molecule has 1 aliphatic rings. The Hall–Kier alpha value is -5.24. The van der Waals surface area contributed by atoms with Crippen LogP contribution in [0.2, 0.25) is 0 Å². The Kier molecular flexibility index (Phi) is 13.7. The van der Waals surface area contributed by atoms with Gasteiger partial charge in [0.05, 0.1) is 28.4 Å². The minimum Gasteiger partial charge on any atom is -0.496 e. The van der Waals surface area contributed by atoms with E-state index >= 15 is 0 Å². The number of ether oxygens (including phenoxy) is 4. The molecule has 0 heterocycles. The van der Waals surface area contributed by atoms with Crippen LogP contribution in [0.25, 0.3) is 0 Å². The summed E-state index contributed by atoms with van der Waals surface area (Å²) >= 11 is 0. The van der Waals surface area contributed by atoms with Gasteiger partial charge in [-0.3, -0.25) is 19.2 Å². The second-order valence-electron chi connectivity index (χ2n) is 22.1. The van der Waals surface area contributed by atoms with E-state index in [1.807, 2.05) is 24.3 Å². The van der Waals surface area contributed by atoms with E-state index in [0.29, 0.717) is 45.3 Å². The Labute approximate surface area is 382 Å². The van der Waals surface area contributed by atoms with Gasteiger partial charge >= 0.3 is 0 Å². The Balaban J connectivity index is 2.28. The summed E-state index contributed by atoms with van der Waals surface area (Å²) in [5, 5.41) is 0. The van der Waals surface area contributed by atoms with Gasteiger partial charge in [-0.1, -0.05) is 107 Å². The third-order valence-electron chi connectivity index (χ3n) is 13.1. The van der Waals surface area contributed by atoms with E-state index in [1.165, 1.54) is 0 Å². The molecule has 344 valence electrons. The summed E-state index contributed by atoms with van der Waals surface area (Å²) in [6, 6.07) is 15.9. The predicted octanol–water partition coefficient (Wildman–Crippen LogP) is 13.6. The normalized spacial score (nSPS) is 17.9. The highest BCUT2D eigenvalue weighted by Crippen LogP contribution is 2.56. The Morgan fingerprint density at radius 2 is 0.469 bits per heavy atom. The molecule has 0 radical (unpaired) electrons. The topological polar surface area (TPSA) is 105 Å². The molecule has 64 heavy (non-hydrogen) atoms. The second kappa shape index (κ2) is 17.6. The maximum atomic E-state index is 14.0. The van der Waals surface area contributed by atoms with E-state index in [0.717, 1.165) is 44.5 Å². The fourth-order valence-corrected chi connectivity index (χ4v) is 10.6. The van der Waals surface area contributed by atoms with Crippen molar-refractivity contribution in [3.05, 3.63) is 115 Å². The molecule has 4 aromatic rings. The number of carbonyl (C=O) groups excluding carboxylic acids is 4. The van der Waals surface area contributed by atoms with Crippen molar-refractivity contribution in [3.8, 4) is 23.0 Å². The van der Waals surface area contributed by atoms with E-state index in [9.17, 15) is 19.2 Å². The first kappa shape index (κ1) is 49.8. The van der Waals surface area contributed by atoms with Crippen LogP contribution in [0, 0.1) is 21.7 Å². The molecule has 0 N–H and O–H groups in total. The lowest BCUT2D eigenvalue weighted by molar-refractivity contribution is 0.100. The summed E-state index contributed by atoms with van der Waals surface area (Å²) in [7, 11) is 6.46. The SMILES string of the molecule is COc1cc(C(C)=O)c2cc1C(C(C)(C)C)c1cc(c(OC)cc1C(C)=O)C(C(C)(C)C)c1cc(c(OC)cc1C(C)=O)C(C(C)(C)C)c1cc(c(OC)cc1C(C)=O)C2C(C)(C)C. The third kappa shape index (κ3) is 9.17. The van der Waals surface area contributed by atoms with Crippen LogP contribution < -0.4 is 18.9 Å². The Morgan fingerprint density at radius 3 is 0.578 bits per heavy atom. The maximum Gasteiger partial charge on any atom is 0.160 e. The molecule has 4 atom stereocenters. The van der Waals surface area contributed by atoms with E-state index in [1.54, 1.807) is 56.1 Å². The zero-order valence-corrected chi connectivity index (χ0v) is 42.2. The van der Waals surface area contributed by atoms with Gasteiger partial charge in [-0.05, 0) is 95.9 Å². The molecule has 0 spiro atoms. The highest BCUT2D eigenvalue weighted by Gasteiger charge is 2.43. The van der Waals surface area contributed by atoms with Gasteiger partial charge in [-0.25, -0.2) is 0 Å². The lowest BCUT2D eigenvalue weighted by Crippen LogP contribution is -2.28. The predicted molar refractivity (Wildman–Crippen MR) is 257 cm³/mol.